The van der Waals surface area contributed by atoms with E-state index in [1.165, 1.54) is 4.68 Å². The lowest BCUT2D eigenvalue weighted by Gasteiger charge is -2.18. The molecule has 0 unspecified atom stereocenters. The molecule has 0 aliphatic rings. The molecule has 0 fully saturated rings. The molecule has 0 spiro atoms. The van der Waals surface area contributed by atoms with Gasteiger partial charge in [0.1, 0.15) is 5.60 Å². The quantitative estimate of drug-likeness (QED) is 0.442. The Morgan fingerprint density at radius 2 is 2.00 bits per heavy atom. The standard InChI is InChI=1S/C12H17BN4O3/c1-7-6-8(2)17(16-7)10(14-9(13)18)15-11(19)20-12(3,4)5/h6H,1-5H3,(H,14,15,18,19). The van der Waals surface area contributed by atoms with E-state index in [-0.39, 0.29) is 5.96 Å². The Kier molecular flexibility index (Phi) is 4.70. The molecule has 0 aliphatic carbocycles. The first kappa shape index (κ1) is 15.9. The van der Waals surface area contributed by atoms with Crippen molar-refractivity contribution in [2.75, 3.05) is 0 Å². The number of rotatable bonds is 0. The minimum Gasteiger partial charge on any atom is -0.442 e. The lowest BCUT2D eigenvalue weighted by atomic mass is 10.1. The Labute approximate surface area is 118 Å². The SMILES string of the molecule is [B]C(=O)NC(=NC(=O)OC(C)(C)C)n1nc(C)cc1C. The second-order valence-electron chi connectivity index (χ2n) is 5.24. The zero-order valence-electron chi connectivity index (χ0n) is 12.2. The second-order valence-corrected chi connectivity index (χ2v) is 5.24. The van der Waals surface area contributed by atoms with Crippen LogP contribution in [0.15, 0.2) is 11.1 Å². The largest absolute Gasteiger partial charge is 0.442 e. The number of aryl methyl sites for hydroxylation is 2. The zero-order chi connectivity index (χ0) is 15.5. The van der Waals surface area contributed by atoms with Crippen molar-refractivity contribution in [1.29, 1.82) is 0 Å². The molecule has 2 amide bonds. The van der Waals surface area contributed by atoms with Gasteiger partial charge in [-0.25, -0.2) is 9.48 Å². The van der Waals surface area contributed by atoms with Crippen LogP contribution in [0, 0.1) is 13.8 Å². The van der Waals surface area contributed by atoms with E-state index in [2.05, 4.69) is 15.4 Å². The number of hydrogen-bond donors (Lipinski definition) is 1. The zero-order valence-corrected chi connectivity index (χ0v) is 12.2. The number of nitrogens with one attached hydrogen (secondary N) is 1. The van der Waals surface area contributed by atoms with Crippen LogP contribution in [0.1, 0.15) is 32.2 Å². The summed E-state index contributed by atoms with van der Waals surface area (Å²) in [6.45, 7) is 8.67. The maximum atomic E-state index is 11.7. The lowest BCUT2D eigenvalue weighted by molar-refractivity contribution is 0.0603. The maximum absolute atomic E-state index is 11.7. The smallest absolute Gasteiger partial charge is 0.437 e. The Balaban J connectivity index is 3.10. The molecule has 8 heteroatoms. The van der Waals surface area contributed by atoms with Crippen molar-refractivity contribution in [1.82, 2.24) is 15.1 Å². The van der Waals surface area contributed by atoms with Crippen molar-refractivity contribution in [3.63, 3.8) is 0 Å². The van der Waals surface area contributed by atoms with Gasteiger partial charge in [0.05, 0.1) is 5.69 Å². The average molecular weight is 276 g/mol. The van der Waals surface area contributed by atoms with Crippen LogP contribution < -0.4 is 5.32 Å². The van der Waals surface area contributed by atoms with E-state index in [0.29, 0.717) is 11.4 Å². The molecule has 0 aliphatic heterocycles. The molecule has 1 heterocycles. The van der Waals surface area contributed by atoms with Gasteiger partial charge >= 0.3 is 6.09 Å². The number of aliphatic imine (C=N–C) groups is 1. The van der Waals surface area contributed by atoms with Gasteiger partial charge in [0.2, 0.25) is 13.8 Å². The van der Waals surface area contributed by atoms with Crippen molar-refractivity contribution in [3.8, 4) is 0 Å². The molecule has 7 nitrogen and oxygen atoms in total. The fraction of sp³-hybridized carbons (Fsp3) is 0.500. The van der Waals surface area contributed by atoms with Crippen LogP contribution in [0.4, 0.5) is 9.59 Å². The summed E-state index contributed by atoms with van der Waals surface area (Å²) in [5, 5.41) is 6.38. The third-order valence-corrected chi connectivity index (χ3v) is 2.04. The molecule has 0 saturated carbocycles. The second kappa shape index (κ2) is 5.89. The van der Waals surface area contributed by atoms with Crippen LogP contribution in [0.5, 0.6) is 0 Å². The van der Waals surface area contributed by atoms with Gasteiger partial charge in [0.15, 0.2) is 5.81 Å². The third-order valence-electron chi connectivity index (χ3n) is 2.04. The molecule has 0 aromatic carbocycles. The fourth-order valence-corrected chi connectivity index (χ4v) is 1.45. The highest BCUT2D eigenvalue weighted by Crippen LogP contribution is 2.08. The van der Waals surface area contributed by atoms with E-state index in [1.807, 2.05) is 0 Å². The van der Waals surface area contributed by atoms with Crippen molar-refractivity contribution in [2.24, 2.45) is 4.99 Å². The van der Waals surface area contributed by atoms with E-state index in [9.17, 15) is 9.59 Å². The number of carbonyl (C=O) groups excluding carboxylic acids is 2. The number of nitrogens with zero attached hydrogens (tertiary/aromatic N) is 3. The van der Waals surface area contributed by atoms with Crippen LogP contribution in [0.25, 0.3) is 0 Å². The van der Waals surface area contributed by atoms with Crippen LogP contribution in [0.3, 0.4) is 0 Å². The molecule has 1 aromatic heterocycles. The summed E-state index contributed by atoms with van der Waals surface area (Å²) in [5.41, 5.74) is 0.720. The molecule has 106 valence electrons. The molecule has 1 aromatic rings. The van der Waals surface area contributed by atoms with E-state index < -0.39 is 17.5 Å². The van der Waals surface area contributed by atoms with E-state index in [0.717, 1.165) is 0 Å². The van der Waals surface area contributed by atoms with E-state index in [1.54, 1.807) is 40.7 Å². The molecule has 1 rings (SSSR count). The minimum absolute atomic E-state index is 0.0997. The fourth-order valence-electron chi connectivity index (χ4n) is 1.45. The van der Waals surface area contributed by atoms with Gasteiger partial charge in [-0.05, 0) is 40.7 Å². The summed E-state index contributed by atoms with van der Waals surface area (Å²) in [6.07, 6.45) is -0.839. The van der Waals surface area contributed by atoms with Gasteiger partial charge in [0, 0.05) is 5.69 Å². The van der Waals surface area contributed by atoms with Crippen LogP contribution in [-0.2, 0) is 4.74 Å². The number of carbonyl (C=O) groups is 2. The normalized spacial score (nSPS) is 12.2. The third kappa shape index (κ3) is 4.87. The highest BCUT2D eigenvalue weighted by atomic mass is 16.6. The summed E-state index contributed by atoms with van der Waals surface area (Å²) in [6, 6.07) is 1.77. The van der Waals surface area contributed by atoms with Gasteiger partial charge in [-0.3, -0.25) is 4.79 Å². The summed E-state index contributed by atoms with van der Waals surface area (Å²) < 4.78 is 6.37. The Morgan fingerprint density at radius 3 is 2.40 bits per heavy atom. The first-order chi connectivity index (χ1) is 9.08. The molecule has 2 radical (unpaired) electrons. The van der Waals surface area contributed by atoms with Crippen LogP contribution in [-0.4, -0.2) is 41.1 Å². The summed E-state index contributed by atoms with van der Waals surface area (Å²) in [5.74, 6) is -0.947. The van der Waals surface area contributed by atoms with Crippen molar-refractivity contribution < 1.29 is 14.3 Å². The molecular formula is C12H17BN4O3. The maximum Gasteiger partial charge on any atom is 0.437 e. The number of ether oxygens (including phenoxy) is 1. The van der Waals surface area contributed by atoms with Crippen LogP contribution >= 0.6 is 0 Å². The van der Waals surface area contributed by atoms with Gasteiger partial charge in [-0.1, -0.05) is 0 Å². The highest BCUT2D eigenvalue weighted by Gasteiger charge is 2.18. The van der Waals surface area contributed by atoms with Gasteiger partial charge in [0.25, 0.3) is 0 Å². The first-order valence-corrected chi connectivity index (χ1v) is 6.00. The first-order valence-electron chi connectivity index (χ1n) is 6.00. The van der Waals surface area contributed by atoms with Crippen molar-refractivity contribution >= 4 is 25.7 Å². The molecule has 1 N–H and O–H groups in total. The minimum atomic E-state index is -0.847. The molecule has 20 heavy (non-hydrogen) atoms. The van der Waals surface area contributed by atoms with Gasteiger partial charge in [-0.15, -0.1) is 4.99 Å². The van der Waals surface area contributed by atoms with Gasteiger partial charge in [-0.2, -0.15) is 5.10 Å². The van der Waals surface area contributed by atoms with Crippen LogP contribution in [0.2, 0.25) is 0 Å². The highest BCUT2D eigenvalue weighted by molar-refractivity contribution is 6.58. The topological polar surface area (TPSA) is 85.6 Å². The summed E-state index contributed by atoms with van der Waals surface area (Å²) in [7, 11) is 5.07. The molecule has 0 bridgehead atoms. The predicted molar refractivity (Wildman–Crippen MR) is 75.1 cm³/mol. The lowest BCUT2D eigenvalue weighted by Crippen LogP contribution is -2.37. The summed E-state index contributed by atoms with van der Waals surface area (Å²) >= 11 is 0. The predicted octanol–water partition coefficient (Wildman–Crippen LogP) is 1.52. The molecule has 0 atom stereocenters. The molecule has 0 saturated heterocycles. The number of aromatic nitrogens is 2. The summed E-state index contributed by atoms with van der Waals surface area (Å²) in [4.78, 5) is 26.4. The Bertz CT molecular complexity index is 558. The van der Waals surface area contributed by atoms with Crippen molar-refractivity contribution in [2.45, 2.75) is 40.2 Å². The van der Waals surface area contributed by atoms with Gasteiger partial charge < -0.3 is 10.1 Å². The number of amides is 2. The van der Waals surface area contributed by atoms with E-state index >= 15 is 0 Å². The Hall–Kier alpha value is -2.12. The Morgan fingerprint density at radius 1 is 1.40 bits per heavy atom. The van der Waals surface area contributed by atoms with Crippen molar-refractivity contribution in [3.05, 3.63) is 17.5 Å². The van der Waals surface area contributed by atoms with E-state index in [4.69, 9.17) is 12.6 Å². The molecular weight excluding hydrogens is 259 g/mol. The average Bonchev–Trinajstić information content (AvgIpc) is 2.53. The number of hydrogen-bond acceptors (Lipinski definition) is 4. The monoisotopic (exact) mass is 276 g/mol.